The average Bonchev–Trinajstić information content (AvgIpc) is 3.91. The molecular weight excluding hydrogens is 785 g/mol. The second kappa shape index (κ2) is 14.4. The third-order valence-electron chi connectivity index (χ3n) is 12.3. The Kier molecular flexibility index (Phi) is 8.08. The summed E-state index contributed by atoms with van der Waals surface area (Å²) in [5.74, 6) is 1.81. The number of aromatic nitrogens is 4. The molecule has 4 heterocycles. The Hall–Kier alpha value is -8.81. The number of rotatable bonds is 6. The molecule has 1 aliphatic rings. The van der Waals surface area contributed by atoms with Crippen molar-refractivity contribution in [3.05, 3.63) is 218 Å². The summed E-state index contributed by atoms with van der Waals surface area (Å²) in [5, 5.41) is 4.26. The largest absolute Gasteiger partial charge is 0.456 e. The predicted molar refractivity (Wildman–Crippen MR) is 261 cm³/mol. The van der Waals surface area contributed by atoms with Gasteiger partial charge in [0.05, 0.1) is 33.8 Å². The van der Waals surface area contributed by atoms with Gasteiger partial charge in [0.2, 0.25) is 0 Å². The van der Waals surface area contributed by atoms with Crippen molar-refractivity contribution in [2.24, 2.45) is 0 Å². The lowest BCUT2D eigenvalue weighted by Gasteiger charge is -2.40. The molecule has 64 heavy (non-hydrogen) atoms. The van der Waals surface area contributed by atoms with Crippen molar-refractivity contribution in [3.63, 3.8) is 0 Å². The lowest BCUT2D eigenvalue weighted by Crippen LogP contribution is -2.24. The van der Waals surface area contributed by atoms with Crippen molar-refractivity contribution >= 4 is 77.9 Å². The van der Waals surface area contributed by atoms with Gasteiger partial charge in [-0.15, -0.1) is 0 Å². The first-order valence-corrected chi connectivity index (χ1v) is 21.4. The summed E-state index contributed by atoms with van der Waals surface area (Å²) in [4.78, 5) is 20.0. The summed E-state index contributed by atoms with van der Waals surface area (Å²) in [6.45, 7) is 0. The SMILES string of the molecule is c1ccc(-c2nc(-c3ccccc3)nc(-c3cccc4oc5ccc(-n6c7ccccc7c7cc8c(cc76)N(c6ccccc6)c6ccccc6N8c6ccccc6)cc5c34)n2)cc1. The summed E-state index contributed by atoms with van der Waals surface area (Å²) < 4.78 is 9.02. The van der Waals surface area contributed by atoms with E-state index in [2.05, 4.69) is 160 Å². The van der Waals surface area contributed by atoms with Crippen LogP contribution in [0.25, 0.3) is 83.6 Å². The molecule has 0 bridgehead atoms. The summed E-state index contributed by atoms with van der Waals surface area (Å²) in [6.07, 6.45) is 0. The Labute approximate surface area is 368 Å². The first kappa shape index (κ1) is 35.9. The lowest BCUT2D eigenvalue weighted by atomic mass is 10.0. The molecule has 0 spiro atoms. The van der Waals surface area contributed by atoms with Crippen molar-refractivity contribution in [2.45, 2.75) is 0 Å². The molecule has 3 aromatic heterocycles. The fourth-order valence-corrected chi connectivity index (χ4v) is 9.51. The monoisotopic (exact) mass is 820 g/mol. The molecule has 0 atom stereocenters. The van der Waals surface area contributed by atoms with E-state index in [4.69, 9.17) is 19.4 Å². The second-order valence-electron chi connectivity index (χ2n) is 16.0. The van der Waals surface area contributed by atoms with Gasteiger partial charge in [-0.05, 0) is 78.9 Å². The minimum Gasteiger partial charge on any atom is -0.456 e. The van der Waals surface area contributed by atoms with E-state index >= 15 is 0 Å². The molecule has 13 rings (SSSR count). The maximum Gasteiger partial charge on any atom is 0.164 e. The average molecular weight is 821 g/mol. The van der Waals surface area contributed by atoms with Gasteiger partial charge in [-0.1, -0.05) is 140 Å². The minimum atomic E-state index is 0.583. The Bertz CT molecular complexity index is 3680. The highest BCUT2D eigenvalue weighted by Crippen LogP contribution is 2.56. The van der Waals surface area contributed by atoms with E-state index in [1.54, 1.807) is 0 Å². The Morgan fingerprint density at radius 3 is 1.52 bits per heavy atom. The van der Waals surface area contributed by atoms with Gasteiger partial charge in [-0.3, -0.25) is 0 Å². The highest BCUT2D eigenvalue weighted by atomic mass is 16.3. The van der Waals surface area contributed by atoms with Crippen molar-refractivity contribution in [1.29, 1.82) is 0 Å². The molecule has 0 saturated heterocycles. The second-order valence-corrected chi connectivity index (χ2v) is 16.0. The fraction of sp³-hybridized carbons (Fsp3) is 0. The third kappa shape index (κ3) is 5.65. The van der Waals surface area contributed by atoms with Crippen LogP contribution >= 0.6 is 0 Å². The van der Waals surface area contributed by atoms with Crippen LogP contribution in [-0.2, 0) is 0 Å². The number of hydrogen-bond donors (Lipinski definition) is 0. The van der Waals surface area contributed by atoms with E-state index in [1.165, 1.54) is 5.39 Å². The van der Waals surface area contributed by atoms with Crippen LogP contribution in [0, 0.1) is 0 Å². The zero-order valence-corrected chi connectivity index (χ0v) is 34.4. The number of benzene rings is 9. The van der Waals surface area contributed by atoms with Crippen LogP contribution < -0.4 is 9.80 Å². The van der Waals surface area contributed by atoms with Crippen LogP contribution in [0.3, 0.4) is 0 Å². The van der Waals surface area contributed by atoms with E-state index in [9.17, 15) is 0 Å². The van der Waals surface area contributed by atoms with Crippen molar-refractivity contribution in [3.8, 4) is 39.9 Å². The van der Waals surface area contributed by atoms with Gasteiger partial charge < -0.3 is 18.8 Å². The zero-order chi connectivity index (χ0) is 42.1. The van der Waals surface area contributed by atoms with Crippen LogP contribution in [0.5, 0.6) is 0 Å². The standard InChI is InChI=1S/C57H36N6O/c1-5-18-37(19-6-1)55-58-56(38-20-7-2-8-21-38)60-57(59-55)43-27-17-31-53-54(43)45-34-41(32-33-52(45)64-53)63-46-28-14-13-26-42(46)44-35-50-51(36-49(44)63)62(40-24-11-4-12-25-40)48-30-16-15-29-47(48)61(50)39-22-9-3-10-23-39/h1-36H. The van der Waals surface area contributed by atoms with Crippen LogP contribution in [-0.4, -0.2) is 19.5 Å². The molecule has 9 aromatic carbocycles. The van der Waals surface area contributed by atoms with Gasteiger partial charge in [-0.2, -0.15) is 0 Å². The molecule has 0 fully saturated rings. The minimum absolute atomic E-state index is 0.583. The van der Waals surface area contributed by atoms with Gasteiger partial charge in [0.15, 0.2) is 17.5 Å². The van der Waals surface area contributed by atoms with Crippen molar-refractivity contribution < 1.29 is 4.42 Å². The lowest BCUT2D eigenvalue weighted by molar-refractivity contribution is 0.669. The highest BCUT2D eigenvalue weighted by molar-refractivity contribution is 6.16. The summed E-state index contributed by atoms with van der Waals surface area (Å²) in [7, 11) is 0. The number of hydrogen-bond acceptors (Lipinski definition) is 6. The molecule has 300 valence electrons. The van der Waals surface area contributed by atoms with Gasteiger partial charge in [-0.25, -0.2) is 15.0 Å². The predicted octanol–water partition coefficient (Wildman–Crippen LogP) is 15.1. The molecule has 0 unspecified atom stereocenters. The number of para-hydroxylation sites is 5. The fourth-order valence-electron chi connectivity index (χ4n) is 9.51. The smallest absolute Gasteiger partial charge is 0.164 e. The zero-order valence-electron chi connectivity index (χ0n) is 34.4. The first-order valence-electron chi connectivity index (χ1n) is 21.4. The molecule has 7 nitrogen and oxygen atoms in total. The van der Waals surface area contributed by atoms with Crippen molar-refractivity contribution in [1.82, 2.24) is 19.5 Å². The molecule has 1 aliphatic heterocycles. The van der Waals surface area contributed by atoms with Gasteiger partial charge in [0.1, 0.15) is 11.2 Å². The molecule has 0 radical (unpaired) electrons. The Morgan fingerprint density at radius 1 is 0.328 bits per heavy atom. The summed E-state index contributed by atoms with van der Waals surface area (Å²) in [6, 6.07) is 76.3. The van der Waals surface area contributed by atoms with Gasteiger partial charge in [0, 0.05) is 55.3 Å². The van der Waals surface area contributed by atoms with Crippen LogP contribution in [0.1, 0.15) is 0 Å². The number of fused-ring (bicyclic) bond motifs is 8. The number of nitrogens with zero attached hydrogens (tertiary/aromatic N) is 6. The first-order chi connectivity index (χ1) is 31.7. The third-order valence-corrected chi connectivity index (χ3v) is 12.3. The molecule has 12 aromatic rings. The van der Waals surface area contributed by atoms with Crippen LogP contribution in [0.4, 0.5) is 34.1 Å². The normalized spacial score (nSPS) is 12.3. The Balaban J connectivity index is 1.06. The molecular formula is C57H36N6O. The molecule has 0 aliphatic carbocycles. The molecule has 0 saturated carbocycles. The molecule has 0 N–H and O–H groups in total. The van der Waals surface area contributed by atoms with Crippen LogP contribution in [0.2, 0.25) is 0 Å². The van der Waals surface area contributed by atoms with Gasteiger partial charge in [0.25, 0.3) is 0 Å². The van der Waals surface area contributed by atoms with E-state index in [0.717, 1.165) is 94.9 Å². The maximum absolute atomic E-state index is 6.62. The quantitative estimate of drug-likeness (QED) is 0.166. The van der Waals surface area contributed by atoms with E-state index in [1.807, 2.05) is 72.8 Å². The molecule has 0 amide bonds. The highest BCUT2D eigenvalue weighted by Gasteiger charge is 2.32. The maximum atomic E-state index is 6.62. The summed E-state index contributed by atoms with van der Waals surface area (Å²) in [5.41, 5.74) is 14.1. The Morgan fingerprint density at radius 2 is 0.875 bits per heavy atom. The van der Waals surface area contributed by atoms with E-state index < -0.39 is 0 Å². The number of furan rings is 1. The number of anilines is 6. The topological polar surface area (TPSA) is 63.2 Å². The van der Waals surface area contributed by atoms with Gasteiger partial charge >= 0.3 is 0 Å². The van der Waals surface area contributed by atoms with E-state index in [-0.39, 0.29) is 0 Å². The molecule has 7 heteroatoms. The van der Waals surface area contributed by atoms with E-state index in [0.29, 0.717) is 17.5 Å². The van der Waals surface area contributed by atoms with Crippen molar-refractivity contribution in [2.75, 3.05) is 9.80 Å². The van der Waals surface area contributed by atoms with Crippen LogP contribution in [0.15, 0.2) is 223 Å². The summed E-state index contributed by atoms with van der Waals surface area (Å²) >= 11 is 0.